The van der Waals surface area contributed by atoms with E-state index in [1.54, 1.807) is 0 Å². The number of hydrogen-bond acceptors (Lipinski definition) is 2. The molecule has 0 N–H and O–H groups in total. The first-order valence-electron chi connectivity index (χ1n) is 23.4. The Morgan fingerprint density at radius 3 is 1.28 bits per heavy atom. The summed E-state index contributed by atoms with van der Waals surface area (Å²) in [7, 11) is 0. The minimum atomic E-state index is 0.920. The molecule has 0 spiro atoms. The van der Waals surface area contributed by atoms with Gasteiger partial charge in [-0.25, -0.2) is 0 Å². The first-order chi connectivity index (χ1) is 33.0. The Labute approximate surface area is 393 Å². The Hall–Kier alpha value is -8.34. The first kappa shape index (κ1) is 41.4. The van der Waals surface area contributed by atoms with Crippen molar-refractivity contribution in [3.05, 3.63) is 247 Å². The Bertz CT molecular complexity index is 3540. The van der Waals surface area contributed by atoms with Crippen molar-refractivity contribution in [3.63, 3.8) is 0 Å². The van der Waals surface area contributed by atoms with Crippen LogP contribution in [0.5, 0.6) is 0 Å². The van der Waals surface area contributed by atoms with Crippen LogP contribution >= 0.6 is 0 Å². The van der Waals surface area contributed by atoms with Crippen molar-refractivity contribution in [1.82, 2.24) is 9.13 Å². The fourth-order valence-electron chi connectivity index (χ4n) is 9.91. The molecule has 0 saturated carbocycles. The van der Waals surface area contributed by atoms with Crippen molar-refractivity contribution < 1.29 is 0 Å². The third-order valence-corrected chi connectivity index (χ3v) is 13.1. The topological polar surface area (TPSA) is 16.3 Å². The molecule has 0 atom stereocenters. The molecule has 0 aliphatic heterocycles. The Morgan fingerprint density at radius 1 is 0.388 bits per heavy atom. The average Bonchev–Trinajstić information content (AvgIpc) is 3.88. The zero-order chi connectivity index (χ0) is 45.4. The van der Waals surface area contributed by atoms with E-state index in [1.807, 2.05) is 0 Å². The summed E-state index contributed by atoms with van der Waals surface area (Å²) in [4.78, 5) is 4.75. The van der Waals surface area contributed by atoms with Crippen LogP contribution in [0.25, 0.3) is 61.3 Å². The van der Waals surface area contributed by atoms with E-state index < -0.39 is 0 Å². The molecule has 4 heteroatoms. The maximum atomic E-state index is 2.43. The second kappa shape index (κ2) is 17.6. The van der Waals surface area contributed by atoms with Crippen LogP contribution in [0.4, 0.5) is 34.1 Å². The second-order valence-corrected chi connectivity index (χ2v) is 17.4. The molecule has 67 heavy (non-hydrogen) atoms. The molecule has 0 aliphatic rings. The fraction of sp³-hybridized carbons (Fsp3) is 0.0794. The molecule has 4 nitrogen and oxygen atoms in total. The smallest absolute Gasteiger partial charge is 0.0542 e. The predicted molar refractivity (Wildman–Crippen MR) is 286 cm³/mol. The van der Waals surface area contributed by atoms with Gasteiger partial charge in [-0.05, 0) is 154 Å². The minimum absolute atomic E-state index is 0.920. The number of rotatable bonds is 11. The Balaban J connectivity index is 0.962. The van der Waals surface area contributed by atoms with Crippen LogP contribution in [0.3, 0.4) is 0 Å². The average molecular weight is 865 g/mol. The first-order valence-corrected chi connectivity index (χ1v) is 23.4. The van der Waals surface area contributed by atoms with Crippen LogP contribution in [0, 0.1) is 13.8 Å². The minimum Gasteiger partial charge on any atom is -0.313 e. The molecule has 2 aromatic heterocycles. The summed E-state index contributed by atoms with van der Waals surface area (Å²) in [6.45, 7) is 8.65. The van der Waals surface area contributed by atoms with Gasteiger partial charge >= 0.3 is 0 Å². The largest absolute Gasteiger partial charge is 0.313 e. The van der Waals surface area contributed by atoms with E-state index >= 15 is 0 Å². The van der Waals surface area contributed by atoms with Crippen molar-refractivity contribution in [1.29, 1.82) is 0 Å². The van der Waals surface area contributed by atoms with Crippen molar-refractivity contribution in [2.75, 3.05) is 9.80 Å². The third kappa shape index (κ3) is 7.57. The standard InChI is InChI=1S/C63H52N4/c1-5-15-56-58-42-54(38-40-62(58)66(60(56)6-2)48-16-9-7-10-17-48)64(50-30-22-44(3)23-31-50)52-34-26-46(27-35-52)47-28-36-53(37-29-47)65(51-32-24-45(4)25-33-51)55-39-41-63-59(43-55)57-20-13-14-21-61(57)67(63)49-18-11-8-12-19-49/h5,7-43H,6H2,1-4H3/b15-5-. The summed E-state index contributed by atoms with van der Waals surface area (Å²) in [6.07, 6.45) is 5.35. The van der Waals surface area contributed by atoms with Gasteiger partial charge in [0, 0.05) is 72.9 Å². The van der Waals surface area contributed by atoms with Gasteiger partial charge in [0.25, 0.3) is 0 Å². The van der Waals surface area contributed by atoms with Crippen molar-refractivity contribution in [2.45, 2.75) is 34.1 Å². The summed E-state index contributed by atoms with van der Waals surface area (Å²) in [6, 6.07) is 79.6. The zero-order valence-electron chi connectivity index (χ0n) is 38.4. The summed E-state index contributed by atoms with van der Waals surface area (Å²) < 4.78 is 4.80. The molecule has 0 saturated heterocycles. The van der Waals surface area contributed by atoms with Gasteiger partial charge in [-0.15, -0.1) is 0 Å². The summed E-state index contributed by atoms with van der Waals surface area (Å²) in [5.74, 6) is 0. The van der Waals surface area contributed by atoms with E-state index in [1.165, 1.54) is 60.8 Å². The lowest BCUT2D eigenvalue weighted by Crippen LogP contribution is -2.10. The fourth-order valence-corrected chi connectivity index (χ4v) is 9.91. The highest BCUT2D eigenvalue weighted by molar-refractivity contribution is 6.10. The maximum absolute atomic E-state index is 2.43. The number of benzene rings is 9. The Morgan fingerprint density at radius 2 is 0.791 bits per heavy atom. The highest BCUT2D eigenvalue weighted by Crippen LogP contribution is 2.43. The molecule has 0 aliphatic carbocycles. The van der Waals surface area contributed by atoms with Crippen LogP contribution < -0.4 is 9.80 Å². The number of aryl methyl sites for hydroxylation is 2. The molecule has 11 aromatic rings. The van der Waals surface area contributed by atoms with Gasteiger partial charge in [-0.1, -0.05) is 133 Å². The molecular weight excluding hydrogens is 813 g/mol. The van der Waals surface area contributed by atoms with E-state index in [4.69, 9.17) is 0 Å². The van der Waals surface area contributed by atoms with Crippen molar-refractivity contribution in [3.8, 4) is 22.5 Å². The van der Waals surface area contributed by atoms with E-state index in [-0.39, 0.29) is 0 Å². The maximum Gasteiger partial charge on any atom is 0.0542 e. The van der Waals surface area contributed by atoms with Gasteiger partial charge in [-0.3, -0.25) is 0 Å². The lowest BCUT2D eigenvalue weighted by molar-refractivity contribution is 0.957. The van der Waals surface area contributed by atoms with E-state index in [0.717, 1.165) is 57.4 Å². The van der Waals surface area contributed by atoms with Gasteiger partial charge in [0.15, 0.2) is 0 Å². The van der Waals surface area contributed by atoms with Crippen LogP contribution in [0.15, 0.2) is 224 Å². The number of anilines is 6. The van der Waals surface area contributed by atoms with Crippen LogP contribution in [-0.4, -0.2) is 9.13 Å². The van der Waals surface area contributed by atoms with E-state index in [0.29, 0.717) is 0 Å². The summed E-state index contributed by atoms with van der Waals surface area (Å²) >= 11 is 0. The summed E-state index contributed by atoms with van der Waals surface area (Å²) in [5.41, 5.74) is 20.0. The third-order valence-electron chi connectivity index (χ3n) is 13.1. The van der Waals surface area contributed by atoms with E-state index in [2.05, 4.69) is 277 Å². The predicted octanol–water partition coefficient (Wildman–Crippen LogP) is 17.5. The number of hydrogen-bond donors (Lipinski definition) is 0. The van der Waals surface area contributed by atoms with Crippen LogP contribution in [-0.2, 0) is 6.42 Å². The molecule has 324 valence electrons. The number of para-hydroxylation sites is 3. The SMILES string of the molecule is C/C=C\c1c(CC)n(-c2ccccc2)c2ccc(N(c3ccc(C)cc3)c3ccc(-c4ccc(N(c5ccc(C)cc5)c5ccc6c(c5)c5ccccc5n6-c5ccccc5)cc4)cc3)cc12. The molecule has 0 radical (unpaired) electrons. The van der Waals surface area contributed by atoms with E-state index in [9.17, 15) is 0 Å². The molecular formula is C63H52N4. The monoisotopic (exact) mass is 864 g/mol. The quantitative estimate of drug-likeness (QED) is 0.129. The molecule has 9 aromatic carbocycles. The van der Waals surface area contributed by atoms with Crippen LogP contribution in [0.2, 0.25) is 0 Å². The van der Waals surface area contributed by atoms with Gasteiger partial charge in [0.2, 0.25) is 0 Å². The lowest BCUT2D eigenvalue weighted by atomic mass is 10.0. The number of fused-ring (bicyclic) bond motifs is 4. The molecule has 0 bridgehead atoms. The molecule has 2 heterocycles. The second-order valence-electron chi connectivity index (χ2n) is 17.4. The summed E-state index contributed by atoms with van der Waals surface area (Å²) in [5, 5.41) is 3.70. The van der Waals surface area contributed by atoms with Gasteiger partial charge in [-0.2, -0.15) is 0 Å². The lowest BCUT2D eigenvalue weighted by Gasteiger charge is -2.26. The van der Waals surface area contributed by atoms with Crippen molar-refractivity contribution >= 4 is 72.9 Å². The van der Waals surface area contributed by atoms with Crippen LogP contribution in [0.1, 0.15) is 36.2 Å². The van der Waals surface area contributed by atoms with Gasteiger partial charge in [0.05, 0.1) is 16.6 Å². The van der Waals surface area contributed by atoms with Gasteiger partial charge < -0.3 is 18.9 Å². The highest BCUT2D eigenvalue weighted by atomic mass is 15.1. The number of nitrogens with zero attached hydrogens (tertiary/aromatic N) is 4. The Kier molecular flexibility index (Phi) is 10.8. The highest BCUT2D eigenvalue weighted by Gasteiger charge is 2.21. The molecule has 0 fully saturated rings. The molecule has 0 amide bonds. The normalized spacial score (nSPS) is 11.6. The van der Waals surface area contributed by atoms with Crippen molar-refractivity contribution in [2.24, 2.45) is 0 Å². The number of aromatic nitrogens is 2. The molecule has 0 unspecified atom stereocenters. The van der Waals surface area contributed by atoms with Gasteiger partial charge in [0.1, 0.15) is 0 Å². The molecule has 11 rings (SSSR count). The number of allylic oxidation sites excluding steroid dienone is 1. The zero-order valence-corrected chi connectivity index (χ0v) is 38.4.